The maximum Gasteiger partial charge on any atom is 0.263 e. The molecule has 0 spiro atoms. The Kier molecular flexibility index (Phi) is 3.43. The third-order valence-corrected chi connectivity index (χ3v) is 3.28. The highest BCUT2D eigenvalue weighted by atomic mass is 19.1. The summed E-state index contributed by atoms with van der Waals surface area (Å²) >= 11 is 0. The van der Waals surface area contributed by atoms with Gasteiger partial charge < -0.3 is 9.84 Å². The molecule has 1 N–H and O–H groups in total. The van der Waals surface area contributed by atoms with Gasteiger partial charge in [0.1, 0.15) is 23.0 Å². The molecule has 1 unspecified atom stereocenters. The fourth-order valence-electron chi connectivity index (χ4n) is 2.30. The first-order chi connectivity index (χ1) is 9.65. The van der Waals surface area contributed by atoms with Gasteiger partial charge in [-0.3, -0.25) is 0 Å². The quantitative estimate of drug-likeness (QED) is 0.920. The van der Waals surface area contributed by atoms with Crippen LogP contribution in [0.25, 0.3) is 11.5 Å². The van der Waals surface area contributed by atoms with Crippen LogP contribution in [0.4, 0.5) is 13.2 Å². The number of hydrogen-bond donors (Lipinski definition) is 1. The normalized spacial score (nSPS) is 19.2. The molecule has 20 heavy (non-hydrogen) atoms. The molecule has 0 radical (unpaired) electrons. The van der Waals surface area contributed by atoms with Crippen LogP contribution in [0.1, 0.15) is 31.1 Å². The van der Waals surface area contributed by atoms with E-state index in [0.29, 0.717) is 18.0 Å². The Morgan fingerprint density at radius 2 is 1.90 bits per heavy atom. The fraction of sp³-hybridized carbons (Fsp3) is 0.385. The van der Waals surface area contributed by atoms with Gasteiger partial charge in [0.15, 0.2) is 5.82 Å². The van der Waals surface area contributed by atoms with E-state index in [1.54, 1.807) is 0 Å². The van der Waals surface area contributed by atoms with E-state index in [9.17, 15) is 13.2 Å². The van der Waals surface area contributed by atoms with Gasteiger partial charge in [-0.1, -0.05) is 11.6 Å². The third kappa shape index (κ3) is 2.40. The predicted molar refractivity (Wildman–Crippen MR) is 64.2 cm³/mol. The van der Waals surface area contributed by atoms with Crippen molar-refractivity contribution in [2.45, 2.75) is 25.3 Å². The summed E-state index contributed by atoms with van der Waals surface area (Å²) in [5.41, 5.74) is -0.499. The number of nitrogens with one attached hydrogen (secondary N) is 1. The van der Waals surface area contributed by atoms with Crippen LogP contribution in [0, 0.1) is 17.5 Å². The van der Waals surface area contributed by atoms with Crippen molar-refractivity contribution in [2.24, 2.45) is 0 Å². The Morgan fingerprint density at radius 1 is 1.15 bits per heavy atom. The Morgan fingerprint density at radius 3 is 2.55 bits per heavy atom. The Hall–Kier alpha value is -1.89. The highest BCUT2D eigenvalue weighted by Gasteiger charge is 2.24. The van der Waals surface area contributed by atoms with E-state index in [0.717, 1.165) is 25.8 Å². The summed E-state index contributed by atoms with van der Waals surface area (Å²) in [5.74, 6) is -3.02. The van der Waals surface area contributed by atoms with Crippen molar-refractivity contribution in [3.05, 3.63) is 35.4 Å². The van der Waals surface area contributed by atoms with E-state index in [-0.39, 0.29) is 11.9 Å². The smallest absolute Gasteiger partial charge is 0.263 e. The summed E-state index contributed by atoms with van der Waals surface area (Å²) < 4.78 is 45.0. The minimum Gasteiger partial charge on any atom is -0.334 e. The predicted octanol–water partition coefficient (Wildman–Crippen LogP) is 2.97. The summed E-state index contributed by atoms with van der Waals surface area (Å²) in [6, 6.07) is 1.09. The van der Waals surface area contributed by atoms with Crippen molar-refractivity contribution in [3.8, 4) is 11.5 Å². The zero-order valence-corrected chi connectivity index (χ0v) is 10.5. The summed E-state index contributed by atoms with van der Waals surface area (Å²) in [4.78, 5) is 4.01. The molecule has 7 heteroatoms. The minimum atomic E-state index is -1.06. The van der Waals surface area contributed by atoms with Crippen LogP contribution < -0.4 is 5.32 Å². The van der Waals surface area contributed by atoms with Crippen LogP contribution in [0.5, 0.6) is 0 Å². The standard InChI is InChI=1S/C13H12F3N3O/c14-7-5-8(15)11(9(16)6-7)13-18-12(19-20-13)10-3-1-2-4-17-10/h5-6,10,17H,1-4H2. The minimum absolute atomic E-state index is 0.0761. The number of piperidine rings is 1. The average molecular weight is 283 g/mol. The second-order valence-electron chi connectivity index (χ2n) is 4.70. The van der Waals surface area contributed by atoms with E-state index >= 15 is 0 Å². The number of hydrogen-bond acceptors (Lipinski definition) is 4. The molecule has 2 aromatic rings. The Bertz CT molecular complexity index is 600. The van der Waals surface area contributed by atoms with Gasteiger partial charge in [-0.15, -0.1) is 0 Å². The van der Waals surface area contributed by atoms with Gasteiger partial charge in [-0.25, -0.2) is 13.2 Å². The van der Waals surface area contributed by atoms with Gasteiger partial charge in [0.2, 0.25) is 0 Å². The molecule has 106 valence electrons. The summed E-state index contributed by atoms with van der Waals surface area (Å²) in [5, 5.41) is 6.95. The van der Waals surface area contributed by atoms with E-state index < -0.39 is 23.0 Å². The maximum atomic E-state index is 13.6. The van der Waals surface area contributed by atoms with Crippen LogP contribution in [0.15, 0.2) is 16.7 Å². The molecule has 1 aromatic carbocycles. The van der Waals surface area contributed by atoms with Gasteiger partial charge in [0, 0.05) is 12.1 Å². The molecule has 0 bridgehead atoms. The van der Waals surface area contributed by atoms with Gasteiger partial charge in [0.05, 0.1) is 6.04 Å². The number of benzene rings is 1. The summed E-state index contributed by atoms with van der Waals surface area (Å²) in [6.45, 7) is 0.841. The monoisotopic (exact) mass is 283 g/mol. The SMILES string of the molecule is Fc1cc(F)c(-c2nc(C3CCCCN3)no2)c(F)c1. The second-order valence-corrected chi connectivity index (χ2v) is 4.70. The average Bonchev–Trinajstić information content (AvgIpc) is 2.88. The number of halogens is 3. The molecule has 4 nitrogen and oxygen atoms in total. The first-order valence-corrected chi connectivity index (χ1v) is 6.37. The zero-order chi connectivity index (χ0) is 14.1. The zero-order valence-electron chi connectivity index (χ0n) is 10.5. The molecular formula is C13H12F3N3O. The topological polar surface area (TPSA) is 51.0 Å². The number of nitrogens with zero attached hydrogens (tertiary/aromatic N) is 2. The van der Waals surface area contributed by atoms with Crippen molar-refractivity contribution in [3.63, 3.8) is 0 Å². The van der Waals surface area contributed by atoms with Crippen molar-refractivity contribution >= 4 is 0 Å². The van der Waals surface area contributed by atoms with Gasteiger partial charge in [-0.2, -0.15) is 4.98 Å². The van der Waals surface area contributed by atoms with Crippen LogP contribution in [-0.2, 0) is 0 Å². The highest BCUT2D eigenvalue weighted by Crippen LogP contribution is 2.28. The van der Waals surface area contributed by atoms with Crippen molar-refractivity contribution in [1.29, 1.82) is 0 Å². The molecule has 3 rings (SSSR count). The molecule has 1 atom stereocenters. The number of rotatable bonds is 2. The van der Waals surface area contributed by atoms with Crippen molar-refractivity contribution in [1.82, 2.24) is 15.5 Å². The third-order valence-electron chi connectivity index (χ3n) is 3.28. The van der Waals surface area contributed by atoms with Gasteiger partial charge >= 0.3 is 0 Å². The van der Waals surface area contributed by atoms with Crippen LogP contribution in [-0.4, -0.2) is 16.7 Å². The first-order valence-electron chi connectivity index (χ1n) is 6.37. The molecule has 0 amide bonds. The van der Waals surface area contributed by atoms with E-state index in [2.05, 4.69) is 15.5 Å². The molecule has 1 fully saturated rings. The largest absolute Gasteiger partial charge is 0.334 e. The van der Waals surface area contributed by atoms with Crippen LogP contribution in [0.2, 0.25) is 0 Å². The molecule has 2 heterocycles. The second kappa shape index (κ2) is 5.24. The molecule has 1 saturated heterocycles. The van der Waals surface area contributed by atoms with Gasteiger partial charge in [-0.05, 0) is 19.4 Å². The lowest BCUT2D eigenvalue weighted by Crippen LogP contribution is -2.27. The highest BCUT2D eigenvalue weighted by molar-refractivity contribution is 5.54. The molecular weight excluding hydrogens is 271 g/mol. The van der Waals surface area contributed by atoms with Gasteiger partial charge in [0.25, 0.3) is 5.89 Å². The molecule has 0 aliphatic carbocycles. The Labute approximate surface area is 113 Å². The van der Waals surface area contributed by atoms with E-state index in [4.69, 9.17) is 4.52 Å². The lowest BCUT2D eigenvalue weighted by atomic mass is 10.0. The lowest BCUT2D eigenvalue weighted by molar-refractivity contribution is 0.366. The summed E-state index contributed by atoms with van der Waals surface area (Å²) in [6.07, 6.45) is 2.94. The fourth-order valence-corrected chi connectivity index (χ4v) is 2.30. The van der Waals surface area contributed by atoms with Crippen molar-refractivity contribution in [2.75, 3.05) is 6.54 Å². The van der Waals surface area contributed by atoms with E-state index in [1.165, 1.54) is 0 Å². The Balaban J connectivity index is 1.94. The summed E-state index contributed by atoms with van der Waals surface area (Å²) in [7, 11) is 0. The molecule has 0 saturated carbocycles. The first kappa shape index (κ1) is 13.1. The van der Waals surface area contributed by atoms with Crippen molar-refractivity contribution < 1.29 is 17.7 Å². The lowest BCUT2D eigenvalue weighted by Gasteiger charge is -2.19. The van der Waals surface area contributed by atoms with Crippen LogP contribution >= 0.6 is 0 Å². The molecule has 1 aliphatic heterocycles. The number of aromatic nitrogens is 2. The maximum absolute atomic E-state index is 13.6. The molecule has 1 aliphatic rings. The molecule has 1 aromatic heterocycles. The van der Waals surface area contributed by atoms with E-state index in [1.807, 2.05) is 0 Å². The van der Waals surface area contributed by atoms with Crippen LogP contribution in [0.3, 0.4) is 0 Å².